The Bertz CT molecular complexity index is 546. The highest BCUT2D eigenvalue weighted by Gasteiger charge is 2.58. The van der Waals surface area contributed by atoms with Crippen LogP contribution < -0.4 is 0 Å². The van der Waals surface area contributed by atoms with E-state index < -0.39 is 0 Å². The molecule has 7 atom stereocenters. The number of allylic oxidation sites excluding steroid dienone is 2. The fourth-order valence-electron chi connectivity index (χ4n) is 7.55. The molecule has 0 aromatic heterocycles. The second-order valence-electron chi connectivity index (χ2n) is 9.96. The van der Waals surface area contributed by atoms with Crippen LogP contribution in [0.5, 0.6) is 0 Å². The van der Waals surface area contributed by atoms with Crippen molar-refractivity contribution in [3.05, 3.63) is 11.6 Å². The van der Waals surface area contributed by atoms with Crippen molar-refractivity contribution in [1.82, 2.24) is 0 Å². The van der Waals surface area contributed by atoms with Gasteiger partial charge in [-0.3, -0.25) is 0 Å². The van der Waals surface area contributed by atoms with Crippen molar-refractivity contribution >= 4 is 5.71 Å². The molecule has 0 heterocycles. The first kappa shape index (κ1) is 15.9. The summed E-state index contributed by atoms with van der Waals surface area (Å²) in [5.74, 6) is 4.17. The van der Waals surface area contributed by atoms with Gasteiger partial charge in [-0.2, -0.15) is 0 Å². The van der Waals surface area contributed by atoms with Crippen LogP contribution in [0, 0.1) is 45.8 Å². The van der Waals surface area contributed by atoms with Crippen LogP contribution >= 0.6 is 0 Å². The molecule has 0 aromatic rings. The number of nitrogens with one attached hydrogen (secondary N) is 1. The smallest absolute Gasteiger partial charge is 0.00946 e. The summed E-state index contributed by atoms with van der Waals surface area (Å²) in [6, 6.07) is 0. The molecule has 0 bridgehead atoms. The predicted octanol–water partition coefficient (Wildman–Crippen LogP) is 6.24. The van der Waals surface area contributed by atoms with Gasteiger partial charge in [-0.15, -0.1) is 0 Å². The van der Waals surface area contributed by atoms with Crippen LogP contribution in [0.3, 0.4) is 0 Å². The molecular weight excluding hydrogens is 278 g/mol. The van der Waals surface area contributed by atoms with Crippen molar-refractivity contribution in [2.75, 3.05) is 0 Å². The molecule has 4 aliphatic carbocycles. The van der Waals surface area contributed by atoms with Crippen molar-refractivity contribution in [3.8, 4) is 0 Å². The van der Waals surface area contributed by atoms with Crippen molar-refractivity contribution in [2.24, 2.45) is 40.4 Å². The minimum absolute atomic E-state index is 0.427. The van der Waals surface area contributed by atoms with E-state index in [0.717, 1.165) is 29.4 Å². The van der Waals surface area contributed by atoms with Crippen LogP contribution in [0.15, 0.2) is 11.6 Å². The zero-order valence-electron chi connectivity index (χ0n) is 15.6. The summed E-state index contributed by atoms with van der Waals surface area (Å²) in [4.78, 5) is 0. The average molecular weight is 314 g/mol. The normalized spacial score (nSPS) is 52.2. The fraction of sp³-hybridized carbons (Fsp3) is 0.864. The highest BCUT2D eigenvalue weighted by Crippen LogP contribution is 2.66. The first-order valence-corrected chi connectivity index (χ1v) is 10.1. The topological polar surface area (TPSA) is 23.9 Å². The van der Waals surface area contributed by atoms with Crippen molar-refractivity contribution < 1.29 is 0 Å². The van der Waals surface area contributed by atoms with Crippen molar-refractivity contribution in [1.29, 1.82) is 5.41 Å². The molecule has 1 nitrogen and oxygen atoms in total. The minimum atomic E-state index is 0.427. The number of rotatable bonds is 1. The van der Waals surface area contributed by atoms with Crippen molar-refractivity contribution in [3.63, 3.8) is 0 Å². The molecule has 7 unspecified atom stereocenters. The van der Waals surface area contributed by atoms with Crippen LogP contribution in [0.2, 0.25) is 0 Å². The van der Waals surface area contributed by atoms with E-state index in [1.165, 1.54) is 51.4 Å². The molecule has 0 spiro atoms. The van der Waals surface area contributed by atoms with Crippen LogP contribution in [0.4, 0.5) is 0 Å². The summed E-state index contributed by atoms with van der Waals surface area (Å²) in [6.07, 6.45) is 13.7. The zero-order chi connectivity index (χ0) is 16.4. The molecule has 4 rings (SSSR count). The van der Waals surface area contributed by atoms with Gasteiger partial charge in [0, 0.05) is 11.6 Å². The molecule has 23 heavy (non-hydrogen) atoms. The molecule has 0 radical (unpaired) electrons. The first-order chi connectivity index (χ1) is 10.9. The maximum Gasteiger partial charge on any atom is 0.00946 e. The monoisotopic (exact) mass is 313 g/mol. The van der Waals surface area contributed by atoms with E-state index in [1.54, 1.807) is 0 Å². The molecule has 0 aliphatic heterocycles. The zero-order valence-corrected chi connectivity index (χ0v) is 15.6. The van der Waals surface area contributed by atoms with Gasteiger partial charge in [-0.25, -0.2) is 0 Å². The average Bonchev–Trinajstić information content (AvgIpc) is 2.85. The Kier molecular flexibility index (Phi) is 3.60. The SMILES string of the molecule is CC(=N)C1CCC2C3CC=C4CC(C)CCC4(C)C3CCC12C. The Balaban J connectivity index is 1.66. The van der Waals surface area contributed by atoms with Crippen molar-refractivity contribution in [2.45, 2.75) is 79.1 Å². The van der Waals surface area contributed by atoms with Crippen LogP contribution in [-0.2, 0) is 0 Å². The van der Waals surface area contributed by atoms with E-state index in [4.69, 9.17) is 5.41 Å². The predicted molar refractivity (Wildman–Crippen MR) is 97.8 cm³/mol. The molecular formula is C22H35N. The highest BCUT2D eigenvalue weighted by atomic mass is 14.6. The Morgan fingerprint density at radius 3 is 2.61 bits per heavy atom. The summed E-state index contributed by atoms with van der Waals surface area (Å²) in [5.41, 5.74) is 3.71. The van der Waals surface area contributed by atoms with Crippen LogP contribution in [0.25, 0.3) is 0 Å². The summed E-state index contributed by atoms with van der Waals surface area (Å²) >= 11 is 0. The van der Waals surface area contributed by atoms with E-state index in [9.17, 15) is 0 Å². The molecule has 128 valence electrons. The van der Waals surface area contributed by atoms with E-state index in [0.29, 0.717) is 16.7 Å². The fourth-order valence-corrected chi connectivity index (χ4v) is 7.55. The maximum atomic E-state index is 8.27. The molecule has 0 aromatic carbocycles. The van der Waals surface area contributed by atoms with Gasteiger partial charge in [0.05, 0.1) is 0 Å². The standard InChI is InChI=1S/C22H35N/c1-14-9-11-21(3)16(13-14)5-6-17-19-8-7-18(15(2)23)22(19,4)12-10-20(17)21/h5,14,17-20,23H,6-13H2,1-4H3. The number of hydrogen-bond acceptors (Lipinski definition) is 1. The molecule has 0 saturated heterocycles. The van der Waals surface area contributed by atoms with Gasteiger partial charge < -0.3 is 5.41 Å². The summed E-state index contributed by atoms with van der Waals surface area (Å²) in [5, 5.41) is 8.27. The molecule has 0 amide bonds. The lowest BCUT2D eigenvalue weighted by Crippen LogP contribution is -2.50. The third-order valence-corrected chi connectivity index (χ3v) is 8.87. The Morgan fingerprint density at radius 2 is 1.87 bits per heavy atom. The summed E-state index contributed by atoms with van der Waals surface area (Å²) in [7, 11) is 0. The lowest BCUT2D eigenvalue weighted by Gasteiger charge is -2.58. The minimum Gasteiger partial charge on any atom is -0.310 e. The van der Waals surface area contributed by atoms with Gasteiger partial charge >= 0.3 is 0 Å². The lowest BCUT2D eigenvalue weighted by molar-refractivity contribution is -0.0354. The van der Waals surface area contributed by atoms with Gasteiger partial charge in [0.2, 0.25) is 0 Å². The third kappa shape index (κ3) is 2.14. The van der Waals surface area contributed by atoms with E-state index in [-0.39, 0.29) is 0 Å². The van der Waals surface area contributed by atoms with Gasteiger partial charge in [-0.1, -0.05) is 32.4 Å². The Labute approximate surface area is 142 Å². The summed E-state index contributed by atoms with van der Waals surface area (Å²) in [6.45, 7) is 9.65. The van der Waals surface area contributed by atoms with Gasteiger partial charge in [0.1, 0.15) is 0 Å². The molecule has 3 fully saturated rings. The van der Waals surface area contributed by atoms with E-state index >= 15 is 0 Å². The molecule has 1 N–H and O–H groups in total. The Morgan fingerprint density at radius 1 is 1.09 bits per heavy atom. The maximum absolute atomic E-state index is 8.27. The number of fused-ring (bicyclic) bond motifs is 5. The van der Waals surface area contributed by atoms with Crippen LogP contribution in [-0.4, -0.2) is 5.71 Å². The van der Waals surface area contributed by atoms with Crippen LogP contribution in [0.1, 0.15) is 79.1 Å². The summed E-state index contributed by atoms with van der Waals surface area (Å²) < 4.78 is 0. The highest BCUT2D eigenvalue weighted by molar-refractivity contribution is 5.82. The van der Waals surface area contributed by atoms with Gasteiger partial charge in [-0.05, 0) is 92.8 Å². The third-order valence-electron chi connectivity index (χ3n) is 8.87. The second-order valence-corrected chi connectivity index (χ2v) is 9.96. The molecule has 3 saturated carbocycles. The second kappa shape index (κ2) is 5.20. The number of hydrogen-bond donors (Lipinski definition) is 1. The quantitative estimate of drug-likeness (QED) is 0.437. The first-order valence-electron chi connectivity index (χ1n) is 10.1. The van der Waals surface area contributed by atoms with E-state index in [2.05, 4.69) is 33.8 Å². The Hall–Kier alpha value is -0.590. The molecule has 4 aliphatic rings. The van der Waals surface area contributed by atoms with Gasteiger partial charge in [0.15, 0.2) is 0 Å². The molecule has 1 heteroatoms. The largest absolute Gasteiger partial charge is 0.310 e. The van der Waals surface area contributed by atoms with E-state index in [1.807, 2.05) is 5.57 Å². The lowest BCUT2D eigenvalue weighted by atomic mass is 9.47. The van der Waals surface area contributed by atoms with Gasteiger partial charge in [0.25, 0.3) is 0 Å².